The Hall–Kier alpha value is -2.40. The van der Waals surface area contributed by atoms with E-state index in [1.807, 2.05) is 18.2 Å². The van der Waals surface area contributed by atoms with E-state index in [1.54, 1.807) is 19.2 Å². The molecule has 22 heavy (non-hydrogen) atoms. The summed E-state index contributed by atoms with van der Waals surface area (Å²) in [7, 11) is 1.66. The van der Waals surface area contributed by atoms with Crippen LogP contribution in [0.4, 0.5) is 5.69 Å². The summed E-state index contributed by atoms with van der Waals surface area (Å²) in [5.74, 6) is 0.868. The highest BCUT2D eigenvalue weighted by molar-refractivity contribution is 5.34. The summed E-state index contributed by atoms with van der Waals surface area (Å²) in [6, 6.07) is 14.8. The van der Waals surface area contributed by atoms with Gasteiger partial charge in [-0.05, 0) is 42.6 Å². The van der Waals surface area contributed by atoms with Gasteiger partial charge in [0.15, 0.2) is 0 Å². The number of hydrogen-bond donors (Lipinski definition) is 1. The number of rotatable bonds is 8. The van der Waals surface area contributed by atoms with Crippen LogP contribution in [0, 0.1) is 10.1 Å². The Bertz CT molecular complexity index is 612. The van der Waals surface area contributed by atoms with Crippen LogP contribution in [-0.2, 0) is 13.0 Å². The molecule has 116 valence electrons. The fourth-order valence-corrected chi connectivity index (χ4v) is 2.22. The second-order valence-corrected chi connectivity index (χ2v) is 5.06. The van der Waals surface area contributed by atoms with E-state index in [2.05, 4.69) is 17.4 Å². The monoisotopic (exact) mass is 300 g/mol. The molecule has 0 atom stereocenters. The van der Waals surface area contributed by atoms with E-state index in [4.69, 9.17) is 4.74 Å². The van der Waals surface area contributed by atoms with Gasteiger partial charge in [0.2, 0.25) is 0 Å². The highest BCUT2D eigenvalue weighted by Crippen LogP contribution is 2.13. The topological polar surface area (TPSA) is 64.4 Å². The van der Waals surface area contributed by atoms with Crippen LogP contribution in [0.15, 0.2) is 48.5 Å². The van der Waals surface area contributed by atoms with Crippen LogP contribution >= 0.6 is 0 Å². The third-order valence-corrected chi connectivity index (χ3v) is 3.43. The van der Waals surface area contributed by atoms with Gasteiger partial charge < -0.3 is 10.1 Å². The zero-order valence-electron chi connectivity index (χ0n) is 12.6. The van der Waals surface area contributed by atoms with Crippen LogP contribution < -0.4 is 10.1 Å². The van der Waals surface area contributed by atoms with Crippen molar-refractivity contribution in [3.63, 3.8) is 0 Å². The molecule has 0 aliphatic heterocycles. The fraction of sp³-hybridized carbons (Fsp3) is 0.294. The van der Waals surface area contributed by atoms with Crippen molar-refractivity contribution >= 4 is 5.69 Å². The van der Waals surface area contributed by atoms with Crippen molar-refractivity contribution in [2.45, 2.75) is 19.4 Å². The molecule has 5 heteroatoms. The summed E-state index contributed by atoms with van der Waals surface area (Å²) in [5.41, 5.74) is 2.34. The highest BCUT2D eigenvalue weighted by atomic mass is 16.6. The van der Waals surface area contributed by atoms with E-state index >= 15 is 0 Å². The summed E-state index contributed by atoms with van der Waals surface area (Å²) >= 11 is 0. The summed E-state index contributed by atoms with van der Waals surface area (Å²) in [4.78, 5) is 10.3. The molecule has 0 aromatic heterocycles. The molecule has 0 saturated heterocycles. The van der Waals surface area contributed by atoms with Gasteiger partial charge in [0.1, 0.15) is 5.75 Å². The van der Waals surface area contributed by atoms with E-state index in [0.717, 1.165) is 30.7 Å². The van der Waals surface area contributed by atoms with E-state index in [-0.39, 0.29) is 10.6 Å². The molecule has 0 aliphatic rings. The van der Waals surface area contributed by atoms with Crippen LogP contribution in [0.5, 0.6) is 5.75 Å². The molecule has 2 rings (SSSR count). The molecular formula is C17H20N2O3. The first-order valence-electron chi connectivity index (χ1n) is 7.26. The van der Waals surface area contributed by atoms with Crippen molar-refractivity contribution in [2.24, 2.45) is 0 Å². The number of nitro benzene ring substituents is 1. The third-order valence-electron chi connectivity index (χ3n) is 3.43. The average Bonchev–Trinajstić information content (AvgIpc) is 2.55. The first-order chi connectivity index (χ1) is 10.7. The molecule has 2 aromatic carbocycles. The zero-order chi connectivity index (χ0) is 15.8. The number of non-ortho nitro benzene ring substituents is 1. The maximum Gasteiger partial charge on any atom is 0.269 e. The lowest BCUT2D eigenvalue weighted by Gasteiger charge is -2.06. The van der Waals surface area contributed by atoms with Crippen LogP contribution in [0.3, 0.4) is 0 Å². The average molecular weight is 300 g/mol. The van der Waals surface area contributed by atoms with Gasteiger partial charge in [0.25, 0.3) is 5.69 Å². The van der Waals surface area contributed by atoms with Crippen LogP contribution in [0.25, 0.3) is 0 Å². The molecule has 0 aliphatic carbocycles. The summed E-state index contributed by atoms with van der Waals surface area (Å²) in [6.45, 7) is 1.51. The quantitative estimate of drug-likeness (QED) is 0.461. The Labute approximate surface area is 130 Å². The maximum atomic E-state index is 10.7. The van der Waals surface area contributed by atoms with Crippen molar-refractivity contribution < 1.29 is 9.66 Å². The smallest absolute Gasteiger partial charge is 0.269 e. The number of nitrogens with one attached hydrogen (secondary N) is 1. The number of nitrogens with zero attached hydrogens (tertiary/aromatic N) is 1. The first kappa shape index (κ1) is 16.0. The Morgan fingerprint density at radius 2 is 1.91 bits per heavy atom. The molecule has 0 amide bonds. The van der Waals surface area contributed by atoms with Gasteiger partial charge in [-0.1, -0.05) is 24.3 Å². The summed E-state index contributed by atoms with van der Waals surface area (Å²) in [5, 5.41) is 14.0. The van der Waals surface area contributed by atoms with Crippen LogP contribution in [-0.4, -0.2) is 18.6 Å². The molecule has 1 N–H and O–H groups in total. The lowest BCUT2D eigenvalue weighted by Crippen LogP contribution is -2.15. The summed E-state index contributed by atoms with van der Waals surface area (Å²) in [6.07, 6.45) is 2.01. The van der Waals surface area contributed by atoms with Crippen LogP contribution in [0.2, 0.25) is 0 Å². The molecule has 0 saturated carbocycles. The van der Waals surface area contributed by atoms with Gasteiger partial charge in [-0.3, -0.25) is 10.1 Å². The minimum absolute atomic E-state index is 0.137. The molecule has 0 bridgehead atoms. The van der Waals surface area contributed by atoms with Gasteiger partial charge in [0, 0.05) is 18.7 Å². The molecule has 0 spiro atoms. The Morgan fingerprint density at radius 3 is 2.59 bits per heavy atom. The van der Waals surface area contributed by atoms with Crippen molar-refractivity contribution in [2.75, 3.05) is 13.7 Å². The third kappa shape index (κ3) is 4.86. The second kappa shape index (κ2) is 8.14. The molecule has 0 radical (unpaired) electrons. The van der Waals surface area contributed by atoms with E-state index < -0.39 is 0 Å². The minimum Gasteiger partial charge on any atom is -0.497 e. The number of methoxy groups -OCH3 is 1. The Morgan fingerprint density at radius 1 is 1.14 bits per heavy atom. The number of nitro groups is 1. The highest BCUT2D eigenvalue weighted by Gasteiger charge is 2.04. The van der Waals surface area contributed by atoms with Crippen LogP contribution in [0.1, 0.15) is 17.5 Å². The number of ether oxygens (including phenoxy) is 1. The maximum absolute atomic E-state index is 10.7. The molecular weight excluding hydrogens is 280 g/mol. The minimum atomic E-state index is -0.368. The first-order valence-corrected chi connectivity index (χ1v) is 7.26. The van der Waals surface area contributed by atoms with E-state index in [0.29, 0.717) is 6.54 Å². The van der Waals surface area contributed by atoms with E-state index in [9.17, 15) is 10.1 Å². The molecule has 0 unspecified atom stereocenters. The lowest BCUT2D eigenvalue weighted by atomic mass is 10.1. The van der Waals surface area contributed by atoms with Crippen molar-refractivity contribution in [3.8, 4) is 5.75 Å². The van der Waals surface area contributed by atoms with Gasteiger partial charge in [-0.15, -0.1) is 0 Å². The van der Waals surface area contributed by atoms with Crippen molar-refractivity contribution in [1.82, 2.24) is 5.32 Å². The molecule has 0 fully saturated rings. The molecule has 5 nitrogen and oxygen atoms in total. The largest absolute Gasteiger partial charge is 0.497 e. The van der Waals surface area contributed by atoms with Gasteiger partial charge in [-0.25, -0.2) is 0 Å². The lowest BCUT2D eigenvalue weighted by molar-refractivity contribution is -0.384. The predicted molar refractivity (Wildman–Crippen MR) is 86.1 cm³/mol. The van der Waals surface area contributed by atoms with Gasteiger partial charge in [-0.2, -0.15) is 0 Å². The van der Waals surface area contributed by atoms with Crippen molar-refractivity contribution in [1.29, 1.82) is 0 Å². The Balaban J connectivity index is 1.70. The van der Waals surface area contributed by atoms with E-state index in [1.165, 1.54) is 11.6 Å². The Kier molecular flexibility index (Phi) is 5.91. The number of benzene rings is 2. The number of hydrogen-bond acceptors (Lipinski definition) is 4. The SMILES string of the molecule is COc1ccc(CCCNCc2cccc([N+](=O)[O-])c2)cc1. The number of aryl methyl sites for hydroxylation is 1. The van der Waals surface area contributed by atoms with Crippen molar-refractivity contribution in [3.05, 3.63) is 69.8 Å². The molecule has 2 aromatic rings. The zero-order valence-corrected chi connectivity index (χ0v) is 12.6. The predicted octanol–water partition coefficient (Wildman–Crippen LogP) is 3.33. The normalized spacial score (nSPS) is 10.4. The standard InChI is InChI=1S/C17H20N2O3/c1-22-17-9-7-14(8-10-17)5-3-11-18-13-15-4-2-6-16(12-15)19(20)21/h2,4,6-10,12,18H,3,5,11,13H2,1H3. The fourth-order valence-electron chi connectivity index (χ4n) is 2.22. The van der Waals surface area contributed by atoms with Gasteiger partial charge in [0.05, 0.1) is 12.0 Å². The second-order valence-electron chi connectivity index (χ2n) is 5.06. The molecule has 0 heterocycles. The van der Waals surface area contributed by atoms with Gasteiger partial charge >= 0.3 is 0 Å². The summed E-state index contributed by atoms with van der Waals surface area (Å²) < 4.78 is 5.13.